The minimum atomic E-state index is -3.37. The summed E-state index contributed by atoms with van der Waals surface area (Å²) in [5.41, 5.74) is 2.83. The second-order valence-electron chi connectivity index (χ2n) is 7.80. The molecule has 0 amide bonds. The molecule has 1 unspecified atom stereocenters. The molecule has 0 bridgehead atoms. The van der Waals surface area contributed by atoms with Crippen LogP contribution in [0.1, 0.15) is 42.1 Å². The first-order valence-corrected chi connectivity index (χ1v) is 12.2. The van der Waals surface area contributed by atoms with E-state index in [2.05, 4.69) is 20.3 Å². The second kappa shape index (κ2) is 9.53. The summed E-state index contributed by atoms with van der Waals surface area (Å²) >= 11 is 0. The van der Waals surface area contributed by atoms with Gasteiger partial charge in [-0.15, -0.1) is 0 Å². The molecular weight excluding hydrogens is 410 g/mol. The molecule has 8 heteroatoms. The fourth-order valence-corrected chi connectivity index (χ4v) is 5.68. The van der Waals surface area contributed by atoms with Crippen LogP contribution >= 0.6 is 0 Å². The number of aromatic nitrogens is 3. The maximum Gasteiger partial charge on any atom is 0.214 e. The number of aryl methyl sites for hydroxylation is 2. The molecule has 162 valence electrons. The lowest BCUT2D eigenvalue weighted by atomic mass is 10.1. The van der Waals surface area contributed by atoms with E-state index in [4.69, 9.17) is 0 Å². The summed E-state index contributed by atoms with van der Waals surface area (Å²) in [6, 6.07) is 13.5. The van der Waals surface area contributed by atoms with Gasteiger partial charge in [-0.2, -0.15) is 4.31 Å². The van der Waals surface area contributed by atoms with Gasteiger partial charge in [-0.05, 0) is 49.8 Å². The second-order valence-corrected chi connectivity index (χ2v) is 9.84. The maximum absolute atomic E-state index is 13.1. The first-order chi connectivity index (χ1) is 15.0. The highest BCUT2D eigenvalue weighted by molar-refractivity contribution is 7.89. The van der Waals surface area contributed by atoms with E-state index in [9.17, 15) is 8.42 Å². The molecule has 3 aromatic rings. The molecule has 0 saturated carbocycles. The third kappa shape index (κ3) is 5.26. The monoisotopic (exact) mass is 437 g/mol. The smallest absolute Gasteiger partial charge is 0.214 e. The average molecular weight is 438 g/mol. The first kappa shape index (κ1) is 21.4. The molecular formula is C23H27N5O2S. The number of sulfonamides is 1. The van der Waals surface area contributed by atoms with Gasteiger partial charge < -0.3 is 5.32 Å². The van der Waals surface area contributed by atoms with Crippen LogP contribution in [0, 0.1) is 6.92 Å². The summed E-state index contributed by atoms with van der Waals surface area (Å²) in [5, 5.41) is 3.19. The van der Waals surface area contributed by atoms with Crippen molar-refractivity contribution in [3.05, 3.63) is 77.9 Å². The van der Waals surface area contributed by atoms with Gasteiger partial charge in [-0.1, -0.05) is 36.4 Å². The molecule has 3 heterocycles. The quantitative estimate of drug-likeness (QED) is 0.573. The van der Waals surface area contributed by atoms with Crippen molar-refractivity contribution in [3.8, 4) is 0 Å². The van der Waals surface area contributed by atoms with Crippen LogP contribution in [0.5, 0.6) is 0 Å². The minimum absolute atomic E-state index is 0.136. The van der Waals surface area contributed by atoms with E-state index < -0.39 is 10.0 Å². The van der Waals surface area contributed by atoms with Crippen molar-refractivity contribution in [2.75, 3.05) is 17.6 Å². The van der Waals surface area contributed by atoms with Gasteiger partial charge in [-0.3, -0.25) is 4.98 Å². The Hall–Kier alpha value is -2.84. The van der Waals surface area contributed by atoms with Gasteiger partial charge in [0.15, 0.2) is 0 Å². The summed E-state index contributed by atoms with van der Waals surface area (Å²) in [6.07, 6.45) is 7.93. The van der Waals surface area contributed by atoms with E-state index in [1.807, 2.05) is 49.4 Å². The summed E-state index contributed by atoms with van der Waals surface area (Å²) in [7, 11) is -3.37. The number of benzene rings is 1. The van der Waals surface area contributed by atoms with Crippen LogP contribution in [-0.4, -0.2) is 40.0 Å². The summed E-state index contributed by atoms with van der Waals surface area (Å²) in [6.45, 7) is 2.49. The maximum atomic E-state index is 13.1. The molecule has 2 aromatic heterocycles. The number of rotatable bonds is 8. The van der Waals surface area contributed by atoms with E-state index in [0.717, 1.165) is 30.4 Å². The SMILES string of the molecule is Cc1cccnc1Nc1cncc(C2CCCN2S(=O)(=O)CCCc2ccccc2)n1. The molecule has 1 atom stereocenters. The Morgan fingerprint density at radius 3 is 2.77 bits per heavy atom. The zero-order valence-corrected chi connectivity index (χ0v) is 18.4. The van der Waals surface area contributed by atoms with Crippen molar-refractivity contribution in [1.82, 2.24) is 19.3 Å². The first-order valence-electron chi connectivity index (χ1n) is 10.6. The third-order valence-electron chi connectivity index (χ3n) is 5.52. The molecule has 1 N–H and O–H groups in total. The van der Waals surface area contributed by atoms with Crippen LogP contribution in [-0.2, 0) is 16.4 Å². The minimum Gasteiger partial charge on any atom is -0.323 e. The van der Waals surface area contributed by atoms with E-state index in [-0.39, 0.29) is 11.8 Å². The summed E-state index contributed by atoms with van der Waals surface area (Å²) in [4.78, 5) is 13.3. The molecule has 31 heavy (non-hydrogen) atoms. The van der Waals surface area contributed by atoms with Crippen LogP contribution in [0.2, 0.25) is 0 Å². The number of pyridine rings is 1. The van der Waals surface area contributed by atoms with Gasteiger partial charge in [0.1, 0.15) is 11.6 Å². The number of nitrogens with one attached hydrogen (secondary N) is 1. The topological polar surface area (TPSA) is 88.1 Å². The Labute approximate surface area is 183 Å². The van der Waals surface area contributed by atoms with Crippen molar-refractivity contribution < 1.29 is 8.42 Å². The molecule has 7 nitrogen and oxygen atoms in total. The van der Waals surface area contributed by atoms with Gasteiger partial charge >= 0.3 is 0 Å². The zero-order valence-electron chi connectivity index (χ0n) is 17.6. The third-order valence-corrected chi connectivity index (χ3v) is 7.48. The molecule has 0 spiro atoms. The van der Waals surface area contributed by atoms with E-state index >= 15 is 0 Å². The van der Waals surface area contributed by atoms with Crippen LogP contribution in [0.25, 0.3) is 0 Å². The van der Waals surface area contributed by atoms with Gasteiger partial charge in [0, 0.05) is 12.7 Å². The highest BCUT2D eigenvalue weighted by atomic mass is 32.2. The van der Waals surface area contributed by atoms with E-state index in [1.54, 1.807) is 22.9 Å². The number of hydrogen-bond donors (Lipinski definition) is 1. The molecule has 1 aliphatic heterocycles. The van der Waals surface area contributed by atoms with E-state index in [0.29, 0.717) is 30.3 Å². The zero-order chi connectivity index (χ0) is 21.7. The molecule has 1 aliphatic rings. The van der Waals surface area contributed by atoms with Gasteiger partial charge in [-0.25, -0.2) is 18.4 Å². The molecule has 0 aliphatic carbocycles. The number of hydrogen-bond acceptors (Lipinski definition) is 6. The lowest BCUT2D eigenvalue weighted by Gasteiger charge is -2.24. The normalized spacial score (nSPS) is 17.0. The predicted octanol–water partition coefficient (Wildman–Crippen LogP) is 4.02. The fraction of sp³-hybridized carbons (Fsp3) is 0.348. The molecule has 1 saturated heterocycles. The fourth-order valence-electron chi connectivity index (χ4n) is 3.93. The summed E-state index contributed by atoms with van der Waals surface area (Å²) in [5.74, 6) is 1.41. The molecule has 1 fully saturated rings. The largest absolute Gasteiger partial charge is 0.323 e. The Morgan fingerprint density at radius 1 is 1.13 bits per heavy atom. The van der Waals surface area contributed by atoms with Gasteiger partial charge in [0.05, 0.1) is 29.9 Å². The Bertz CT molecular complexity index is 1120. The van der Waals surface area contributed by atoms with Crippen LogP contribution < -0.4 is 5.32 Å². The van der Waals surface area contributed by atoms with Crippen molar-refractivity contribution >= 4 is 21.7 Å². The highest BCUT2D eigenvalue weighted by Crippen LogP contribution is 2.34. The van der Waals surface area contributed by atoms with Crippen LogP contribution in [0.4, 0.5) is 11.6 Å². The predicted molar refractivity (Wildman–Crippen MR) is 122 cm³/mol. The highest BCUT2D eigenvalue weighted by Gasteiger charge is 2.35. The Morgan fingerprint density at radius 2 is 1.97 bits per heavy atom. The lowest BCUT2D eigenvalue weighted by molar-refractivity contribution is 0.389. The number of anilines is 2. The molecule has 0 radical (unpaired) electrons. The molecule has 1 aromatic carbocycles. The standard InChI is InChI=1S/C23H27N5O2S/c1-18-8-5-13-25-23(18)27-22-17-24-16-20(26-22)21-12-6-14-28(21)31(29,30)15-7-11-19-9-3-2-4-10-19/h2-5,8-10,13,16-17,21H,6-7,11-12,14-15H2,1H3,(H,25,26,27). The lowest BCUT2D eigenvalue weighted by Crippen LogP contribution is -2.33. The van der Waals surface area contributed by atoms with Crippen LogP contribution in [0.15, 0.2) is 61.1 Å². The van der Waals surface area contributed by atoms with Gasteiger partial charge in [0.25, 0.3) is 0 Å². The van der Waals surface area contributed by atoms with E-state index in [1.165, 1.54) is 0 Å². The number of nitrogens with zero attached hydrogens (tertiary/aromatic N) is 4. The average Bonchev–Trinajstić information content (AvgIpc) is 3.28. The van der Waals surface area contributed by atoms with Crippen molar-refractivity contribution in [3.63, 3.8) is 0 Å². The summed E-state index contributed by atoms with van der Waals surface area (Å²) < 4.78 is 27.8. The van der Waals surface area contributed by atoms with Crippen molar-refractivity contribution in [1.29, 1.82) is 0 Å². The van der Waals surface area contributed by atoms with Crippen molar-refractivity contribution in [2.24, 2.45) is 0 Å². The molecule has 4 rings (SSSR count). The van der Waals surface area contributed by atoms with Crippen LogP contribution in [0.3, 0.4) is 0 Å². The van der Waals surface area contributed by atoms with Gasteiger partial charge in [0.2, 0.25) is 10.0 Å². The Balaban J connectivity index is 1.45. The Kier molecular flexibility index (Phi) is 6.58. The van der Waals surface area contributed by atoms with Crippen molar-refractivity contribution in [2.45, 2.75) is 38.6 Å².